The Morgan fingerprint density at radius 2 is 1.69 bits per heavy atom. The molecule has 0 spiro atoms. The van der Waals surface area contributed by atoms with Crippen LogP contribution in [-0.4, -0.2) is 13.1 Å². The quantitative estimate of drug-likeness (QED) is 0.410. The van der Waals surface area contributed by atoms with Gasteiger partial charge in [0.15, 0.2) is 0 Å². The summed E-state index contributed by atoms with van der Waals surface area (Å²) < 4.78 is 52.3. The minimum atomic E-state index is -4.43. The van der Waals surface area contributed by atoms with Gasteiger partial charge in [0.1, 0.15) is 5.82 Å². The molecule has 1 saturated heterocycles. The molecule has 0 aromatic heterocycles. The van der Waals surface area contributed by atoms with E-state index in [9.17, 15) is 22.8 Å². The van der Waals surface area contributed by atoms with Crippen LogP contribution in [0.25, 0.3) is 11.6 Å². The molecule has 1 heterocycles. The third kappa shape index (κ3) is 3.88. The first-order valence-corrected chi connectivity index (χ1v) is 8.22. The number of benzene rings is 2. The highest BCUT2D eigenvalue weighted by Gasteiger charge is 2.30. The molecule has 1 aliphatic rings. The Labute approximate surface area is 149 Å². The number of hydrogen-bond donors (Lipinski definition) is 0. The summed E-state index contributed by atoms with van der Waals surface area (Å²) in [4.78, 5) is 1.98. The van der Waals surface area contributed by atoms with Gasteiger partial charge < -0.3 is 4.90 Å². The lowest BCUT2D eigenvalue weighted by atomic mass is 10.0. The summed E-state index contributed by atoms with van der Waals surface area (Å²) in [5.41, 5.74) is 0.769. The number of anilines is 1. The van der Waals surface area contributed by atoms with Crippen LogP contribution in [0.3, 0.4) is 0 Å². The number of hydrogen-bond acceptors (Lipinski definition) is 2. The first-order chi connectivity index (χ1) is 12.4. The van der Waals surface area contributed by atoms with Crippen molar-refractivity contribution in [1.29, 1.82) is 5.26 Å². The van der Waals surface area contributed by atoms with Gasteiger partial charge in [-0.25, -0.2) is 4.39 Å². The fourth-order valence-electron chi connectivity index (χ4n) is 3.01. The number of alkyl halides is 3. The number of allylic oxidation sites excluding steroid dienone is 1. The highest BCUT2D eigenvalue weighted by atomic mass is 19.4. The van der Waals surface area contributed by atoms with Gasteiger partial charge in [-0.1, -0.05) is 18.2 Å². The van der Waals surface area contributed by atoms with E-state index >= 15 is 0 Å². The molecule has 0 N–H and O–H groups in total. The third-order valence-corrected chi connectivity index (χ3v) is 4.37. The van der Waals surface area contributed by atoms with E-state index in [1.807, 2.05) is 11.0 Å². The second-order valence-electron chi connectivity index (χ2n) is 6.15. The summed E-state index contributed by atoms with van der Waals surface area (Å²) in [6, 6.07) is 11.0. The first-order valence-electron chi connectivity index (χ1n) is 8.22. The van der Waals surface area contributed by atoms with E-state index in [1.54, 1.807) is 12.1 Å². The van der Waals surface area contributed by atoms with Gasteiger partial charge in [0.25, 0.3) is 0 Å². The minimum absolute atomic E-state index is 0.173. The minimum Gasteiger partial charge on any atom is -0.369 e. The van der Waals surface area contributed by atoms with Gasteiger partial charge in [0.05, 0.1) is 22.9 Å². The predicted molar refractivity (Wildman–Crippen MR) is 92.8 cm³/mol. The molecule has 0 radical (unpaired) electrons. The fraction of sp³-hybridized carbons (Fsp3) is 0.250. The van der Waals surface area contributed by atoms with Gasteiger partial charge in [-0.05, 0) is 54.3 Å². The van der Waals surface area contributed by atoms with E-state index in [1.165, 1.54) is 24.3 Å². The van der Waals surface area contributed by atoms with Gasteiger partial charge in [-0.3, -0.25) is 0 Å². The summed E-state index contributed by atoms with van der Waals surface area (Å²) in [5.74, 6) is -0.370. The van der Waals surface area contributed by atoms with Crippen molar-refractivity contribution < 1.29 is 17.6 Å². The molecular formula is C20H16F4N2. The molecule has 0 unspecified atom stereocenters. The summed E-state index contributed by atoms with van der Waals surface area (Å²) in [6.45, 7) is 1.64. The molecule has 6 heteroatoms. The zero-order chi connectivity index (χ0) is 18.7. The molecule has 0 amide bonds. The van der Waals surface area contributed by atoms with Crippen LogP contribution in [0.15, 0.2) is 42.5 Å². The Hall–Kier alpha value is -2.81. The Morgan fingerprint density at radius 1 is 1.04 bits per heavy atom. The molecule has 0 aliphatic carbocycles. The molecule has 3 rings (SSSR count). The van der Waals surface area contributed by atoms with E-state index < -0.39 is 11.7 Å². The Morgan fingerprint density at radius 3 is 2.23 bits per heavy atom. The second kappa shape index (κ2) is 7.20. The van der Waals surface area contributed by atoms with Crippen molar-refractivity contribution in [3.63, 3.8) is 0 Å². The van der Waals surface area contributed by atoms with Crippen molar-refractivity contribution in [1.82, 2.24) is 0 Å². The Balaban J connectivity index is 1.87. The molecule has 1 aliphatic heterocycles. The van der Waals surface area contributed by atoms with Gasteiger partial charge in [0.2, 0.25) is 0 Å². The monoisotopic (exact) mass is 360 g/mol. The first kappa shape index (κ1) is 18.0. The van der Waals surface area contributed by atoms with Crippen LogP contribution in [0.2, 0.25) is 0 Å². The van der Waals surface area contributed by atoms with Crippen molar-refractivity contribution in [2.45, 2.75) is 19.0 Å². The number of nitrogens with zero attached hydrogens (tertiary/aromatic N) is 2. The summed E-state index contributed by atoms with van der Waals surface area (Å²) >= 11 is 0. The Bertz CT molecular complexity index is 855. The van der Waals surface area contributed by atoms with Crippen molar-refractivity contribution >= 4 is 17.3 Å². The van der Waals surface area contributed by atoms with Crippen molar-refractivity contribution in [3.05, 3.63) is 65.0 Å². The van der Waals surface area contributed by atoms with Crippen LogP contribution in [0.1, 0.15) is 29.5 Å². The van der Waals surface area contributed by atoms with Crippen LogP contribution < -0.4 is 4.90 Å². The number of nitriles is 1. The maximum atomic E-state index is 14.4. The molecule has 0 atom stereocenters. The van der Waals surface area contributed by atoms with E-state index in [4.69, 9.17) is 0 Å². The maximum Gasteiger partial charge on any atom is 0.416 e. The molecule has 134 valence electrons. The number of rotatable bonds is 3. The van der Waals surface area contributed by atoms with E-state index in [0.29, 0.717) is 16.8 Å². The Kier molecular flexibility index (Phi) is 4.99. The zero-order valence-electron chi connectivity index (χ0n) is 13.9. The van der Waals surface area contributed by atoms with Crippen LogP contribution >= 0.6 is 0 Å². The molecule has 26 heavy (non-hydrogen) atoms. The molecule has 2 aromatic rings. The molecule has 0 saturated carbocycles. The van der Waals surface area contributed by atoms with Crippen molar-refractivity contribution in [2.24, 2.45) is 0 Å². The van der Waals surface area contributed by atoms with Gasteiger partial charge >= 0.3 is 6.18 Å². The second-order valence-corrected chi connectivity index (χ2v) is 6.15. The maximum absolute atomic E-state index is 14.4. The topological polar surface area (TPSA) is 27.0 Å². The van der Waals surface area contributed by atoms with Crippen LogP contribution in [0.4, 0.5) is 23.2 Å². The van der Waals surface area contributed by atoms with E-state index in [2.05, 4.69) is 0 Å². The lowest BCUT2D eigenvalue weighted by molar-refractivity contribution is -0.137. The lowest BCUT2D eigenvalue weighted by Crippen LogP contribution is -2.18. The molecular weight excluding hydrogens is 344 g/mol. The van der Waals surface area contributed by atoms with Gasteiger partial charge in [-0.2, -0.15) is 18.4 Å². The van der Waals surface area contributed by atoms with Gasteiger partial charge in [-0.15, -0.1) is 0 Å². The normalized spacial score (nSPS) is 15.2. The fourth-order valence-corrected chi connectivity index (χ4v) is 3.01. The van der Waals surface area contributed by atoms with E-state index in [0.717, 1.165) is 38.1 Å². The predicted octanol–water partition coefficient (Wildman–Crippen LogP) is 5.51. The SMILES string of the molecule is N#C/C(=C/c1ccc(N2CCCC2)c(F)c1)c1ccc(C(F)(F)F)cc1. The number of halogens is 4. The highest BCUT2D eigenvalue weighted by Crippen LogP contribution is 2.31. The van der Waals surface area contributed by atoms with Crippen molar-refractivity contribution in [3.8, 4) is 6.07 Å². The van der Waals surface area contributed by atoms with Crippen LogP contribution in [0, 0.1) is 17.1 Å². The van der Waals surface area contributed by atoms with Crippen molar-refractivity contribution in [2.75, 3.05) is 18.0 Å². The summed E-state index contributed by atoms with van der Waals surface area (Å²) in [5, 5.41) is 9.32. The summed E-state index contributed by atoms with van der Waals surface area (Å²) in [6.07, 6.45) is -0.885. The molecule has 2 nitrogen and oxygen atoms in total. The molecule has 2 aromatic carbocycles. The largest absolute Gasteiger partial charge is 0.416 e. The average molecular weight is 360 g/mol. The van der Waals surface area contributed by atoms with Gasteiger partial charge in [0, 0.05) is 13.1 Å². The van der Waals surface area contributed by atoms with E-state index in [-0.39, 0.29) is 11.4 Å². The third-order valence-electron chi connectivity index (χ3n) is 4.37. The lowest BCUT2D eigenvalue weighted by Gasteiger charge is -2.18. The zero-order valence-corrected chi connectivity index (χ0v) is 13.9. The molecule has 0 bridgehead atoms. The molecule has 1 fully saturated rings. The average Bonchev–Trinajstić information content (AvgIpc) is 3.13. The van der Waals surface area contributed by atoms with Crippen LogP contribution in [-0.2, 0) is 6.18 Å². The highest BCUT2D eigenvalue weighted by molar-refractivity contribution is 5.89. The van der Waals surface area contributed by atoms with Crippen LogP contribution in [0.5, 0.6) is 0 Å². The summed E-state index contributed by atoms with van der Waals surface area (Å²) in [7, 11) is 0. The smallest absolute Gasteiger partial charge is 0.369 e. The standard InChI is InChI=1S/C20H16F4N2/c21-18-12-14(3-8-19(18)26-9-1-2-10-26)11-16(13-25)15-4-6-17(7-5-15)20(22,23)24/h3-8,11-12H,1-2,9-10H2/b16-11-.